The number of carbonyl (C=O) groups is 2. The van der Waals surface area contributed by atoms with Gasteiger partial charge in [-0.3, -0.25) is 4.90 Å². The quantitative estimate of drug-likeness (QED) is 0.800. The second-order valence-electron chi connectivity index (χ2n) is 6.47. The van der Waals surface area contributed by atoms with Gasteiger partial charge in [0, 0.05) is 6.54 Å². The second-order valence-corrected chi connectivity index (χ2v) is 6.47. The third-order valence-electron chi connectivity index (χ3n) is 3.16. The second kappa shape index (κ2) is 5.23. The minimum atomic E-state index is -0.987. The van der Waals surface area contributed by atoms with Gasteiger partial charge in [-0.25, -0.2) is 9.59 Å². The predicted molar refractivity (Wildman–Crippen MR) is 71.9 cm³/mol. The Morgan fingerprint density at radius 1 is 1.53 bits per heavy atom. The molecular formula is C14H23NO4. The van der Waals surface area contributed by atoms with E-state index in [-0.39, 0.29) is 5.41 Å². The summed E-state index contributed by atoms with van der Waals surface area (Å²) in [4.78, 5) is 24.7. The van der Waals surface area contributed by atoms with Crippen LogP contribution in [0, 0.1) is 5.41 Å². The molecular weight excluding hydrogens is 246 g/mol. The Morgan fingerprint density at radius 3 is 2.53 bits per heavy atom. The van der Waals surface area contributed by atoms with Crippen molar-refractivity contribution >= 4 is 12.1 Å². The van der Waals surface area contributed by atoms with E-state index in [4.69, 9.17) is 4.74 Å². The molecule has 2 unspecified atom stereocenters. The Hall–Kier alpha value is -1.52. The molecule has 0 aliphatic carbocycles. The molecule has 0 aromatic carbocycles. The molecule has 0 aromatic heterocycles. The molecule has 19 heavy (non-hydrogen) atoms. The zero-order valence-corrected chi connectivity index (χ0v) is 12.1. The van der Waals surface area contributed by atoms with Gasteiger partial charge < -0.3 is 9.84 Å². The molecule has 108 valence electrons. The van der Waals surface area contributed by atoms with Gasteiger partial charge in [0.2, 0.25) is 0 Å². The third kappa shape index (κ3) is 3.98. The maximum atomic E-state index is 12.1. The van der Waals surface area contributed by atoms with Crippen LogP contribution in [0.25, 0.3) is 0 Å². The number of carbonyl (C=O) groups excluding carboxylic acids is 1. The van der Waals surface area contributed by atoms with Crippen molar-refractivity contribution in [1.82, 2.24) is 4.90 Å². The molecule has 1 N–H and O–H groups in total. The van der Waals surface area contributed by atoms with Crippen molar-refractivity contribution in [3.63, 3.8) is 0 Å². The summed E-state index contributed by atoms with van der Waals surface area (Å²) in [5.41, 5.74) is -0.876. The number of hydrogen-bond acceptors (Lipinski definition) is 3. The zero-order valence-electron chi connectivity index (χ0n) is 12.1. The van der Waals surface area contributed by atoms with Gasteiger partial charge in [-0.1, -0.05) is 13.0 Å². The molecule has 1 rings (SSSR count). The largest absolute Gasteiger partial charge is 0.480 e. The standard InChI is InChI=1S/C14H23NO4/c1-6-7-14(5)8-10(11(16)17)15(9-14)12(18)19-13(2,3)4/h6,10H,1,7-9H2,2-5H3,(H,16,17). The number of carboxylic acid groups (broad SMARTS) is 1. The van der Waals surface area contributed by atoms with E-state index in [1.807, 2.05) is 6.92 Å². The summed E-state index contributed by atoms with van der Waals surface area (Å²) >= 11 is 0. The fourth-order valence-corrected chi connectivity index (χ4v) is 2.39. The maximum Gasteiger partial charge on any atom is 0.411 e. The summed E-state index contributed by atoms with van der Waals surface area (Å²) in [6.45, 7) is 11.3. The lowest BCUT2D eigenvalue weighted by molar-refractivity contribution is -0.142. The van der Waals surface area contributed by atoms with Crippen LogP contribution in [0.3, 0.4) is 0 Å². The first-order valence-electron chi connectivity index (χ1n) is 6.41. The summed E-state index contributed by atoms with van der Waals surface area (Å²) < 4.78 is 5.27. The fraction of sp³-hybridized carbons (Fsp3) is 0.714. The molecule has 5 heteroatoms. The molecule has 0 saturated carbocycles. The molecule has 1 aliphatic rings. The highest BCUT2D eigenvalue weighted by Crippen LogP contribution is 2.38. The van der Waals surface area contributed by atoms with Crippen LogP contribution >= 0.6 is 0 Å². The highest BCUT2D eigenvalue weighted by atomic mass is 16.6. The lowest BCUT2D eigenvalue weighted by Gasteiger charge is -2.27. The molecule has 0 bridgehead atoms. The molecule has 0 aromatic rings. The number of amides is 1. The van der Waals surface area contributed by atoms with Crippen molar-refractivity contribution in [2.45, 2.75) is 52.2 Å². The summed E-state index contributed by atoms with van der Waals surface area (Å²) in [7, 11) is 0. The number of rotatable bonds is 3. The van der Waals surface area contributed by atoms with Crippen molar-refractivity contribution in [3.8, 4) is 0 Å². The number of allylic oxidation sites excluding steroid dienone is 1. The molecule has 1 fully saturated rings. The first kappa shape index (κ1) is 15.5. The molecule has 5 nitrogen and oxygen atoms in total. The molecule has 1 heterocycles. The Bertz CT molecular complexity index is 385. The van der Waals surface area contributed by atoms with Crippen LogP contribution in [0.2, 0.25) is 0 Å². The van der Waals surface area contributed by atoms with Crippen LogP contribution in [0.5, 0.6) is 0 Å². The normalized spacial score (nSPS) is 27.2. The average Bonchev–Trinajstić information content (AvgIpc) is 2.54. The van der Waals surface area contributed by atoms with Gasteiger partial charge in [-0.05, 0) is 39.0 Å². The Kier molecular flexibility index (Phi) is 4.28. The van der Waals surface area contributed by atoms with E-state index in [1.165, 1.54) is 4.90 Å². The van der Waals surface area contributed by atoms with Crippen LogP contribution in [0.1, 0.15) is 40.5 Å². The highest BCUT2D eigenvalue weighted by Gasteiger charge is 2.46. The first-order valence-corrected chi connectivity index (χ1v) is 6.41. The van der Waals surface area contributed by atoms with Crippen molar-refractivity contribution in [2.24, 2.45) is 5.41 Å². The van der Waals surface area contributed by atoms with E-state index < -0.39 is 23.7 Å². The Labute approximate surface area is 114 Å². The zero-order chi connectivity index (χ0) is 14.8. The van der Waals surface area contributed by atoms with Gasteiger partial charge in [0.25, 0.3) is 0 Å². The molecule has 0 radical (unpaired) electrons. The van der Waals surface area contributed by atoms with Crippen LogP contribution in [-0.2, 0) is 9.53 Å². The van der Waals surface area contributed by atoms with Gasteiger partial charge >= 0.3 is 12.1 Å². The number of nitrogens with zero attached hydrogens (tertiary/aromatic N) is 1. The minimum Gasteiger partial charge on any atom is -0.480 e. The number of carboxylic acids is 1. The summed E-state index contributed by atoms with van der Waals surface area (Å²) in [5, 5.41) is 9.26. The SMILES string of the molecule is C=CCC1(C)CC(C(=O)O)N(C(=O)OC(C)(C)C)C1. The third-order valence-corrected chi connectivity index (χ3v) is 3.16. The van der Waals surface area contributed by atoms with Gasteiger partial charge in [0.15, 0.2) is 0 Å². The summed E-state index contributed by atoms with van der Waals surface area (Å²) in [6.07, 6.45) is 2.30. The average molecular weight is 269 g/mol. The van der Waals surface area contributed by atoms with Gasteiger partial charge in [0.1, 0.15) is 11.6 Å². The molecule has 1 saturated heterocycles. The number of ether oxygens (including phenoxy) is 1. The maximum absolute atomic E-state index is 12.1. The minimum absolute atomic E-state index is 0.248. The van der Waals surface area contributed by atoms with Crippen molar-refractivity contribution in [2.75, 3.05) is 6.54 Å². The van der Waals surface area contributed by atoms with E-state index in [0.29, 0.717) is 19.4 Å². The van der Waals surface area contributed by atoms with Gasteiger partial charge in [-0.15, -0.1) is 6.58 Å². The number of likely N-dealkylation sites (tertiary alicyclic amines) is 1. The molecule has 0 spiro atoms. The number of hydrogen-bond donors (Lipinski definition) is 1. The van der Waals surface area contributed by atoms with E-state index in [2.05, 4.69) is 6.58 Å². The van der Waals surface area contributed by atoms with Crippen LogP contribution in [0.4, 0.5) is 4.79 Å². The van der Waals surface area contributed by atoms with Crippen LogP contribution < -0.4 is 0 Å². The Morgan fingerprint density at radius 2 is 2.11 bits per heavy atom. The lowest BCUT2D eigenvalue weighted by atomic mass is 9.84. The Balaban J connectivity index is 2.88. The van der Waals surface area contributed by atoms with E-state index in [9.17, 15) is 14.7 Å². The molecule has 1 aliphatic heterocycles. The topological polar surface area (TPSA) is 66.8 Å². The van der Waals surface area contributed by atoms with Crippen molar-refractivity contribution in [1.29, 1.82) is 0 Å². The fourth-order valence-electron chi connectivity index (χ4n) is 2.39. The summed E-state index contributed by atoms with van der Waals surface area (Å²) in [5.74, 6) is -0.987. The van der Waals surface area contributed by atoms with Crippen LogP contribution in [0.15, 0.2) is 12.7 Å². The molecule has 2 atom stereocenters. The highest BCUT2D eigenvalue weighted by molar-refractivity contribution is 5.81. The monoisotopic (exact) mass is 269 g/mol. The van der Waals surface area contributed by atoms with Crippen molar-refractivity contribution in [3.05, 3.63) is 12.7 Å². The van der Waals surface area contributed by atoms with Crippen molar-refractivity contribution < 1.29 is 19.4 Å². The van der Waals surface area contributed by atoms with Gasteiger partial charge in [0.05, 0.1) is 0 Å². The van der Waals surface area contributed by atoms with Crippen LogP contribution in [-0.4, -0.2) is 40.3 Å². The predicted octanol–water partition coefficient (Wildman–Crippen LogP) is 2.66. The van der Waals surface area contributed by atoms with Gasteiger partial charge in [-0.2, -0.15) is 0 Å². The van der Waals surface area contributed by atoms with E-state index in [1.54, 1.807) is 26.8 Å². The summed E-state index contributed by atoms with van der Waals surface area (Å²) in [6, 6.07) is -0.820. The first-order chi connectivity index (χ1) is 8.58. The number of aliphatic carboxylic acids is 1. The lowest BCUT2D eigenvalue weighted by Crippen LogP contribution is -2.43. The van der Waals surface area contributed by atoms with E-state index in [0.717, 1.165) is 0 Å². The molecule has 1 amide bonds. The smallest absolute Gasteiger partial charge is 0.411 e. The van der Waals surface area contributed by atoms with E-state index >= 15 is 0 Å².